The molecule has 1 aliphatic rings. The highest BCUT2D eigenvalue weighted by Gasteiger charge is 2.30. The first kappa shape index (κ1) is 18.7. The highest BCUT2D eigenvalue weighted by atomic mass is 16.5. The number of carbonyl (C=O) groups excluding carboxylic acids is 1. The Morgan fingerprint density at radius 1 is 1.21 bits per heavy atom. The van der Waals surface area contributed by atoms with E-state index in [0.717, 1.165) is 44.6 Å². The molecule has 0 aromatic heterocycles. The van der Waals surface area contributed by atoms with E-state index in [2.05, 4.69) is 24.5 Å². The Hall–Kier alpha value is -1.59. The first-order valence-electron chi connectivity index (χ1n) is 8.92. The maximum absolute atomic E-state index is 11.7. The van der Waals surface area contributed by atoms with Crippen LogP contribution in [-0.2, 0) is 16.1 Å². The molecule has 2 rings (SSSR count). The summed E-state index contributed by atoms with van der Waals surface area (Å²) in [6.45, 7) is 7.24. The molecule has 24 heavy (non-hydrogen) atoms. The summed E-state index contributed by atoms with van der Waals surface area (Å²) < 4.78 is 10.8. The van der Waals surface area contributed by atoms with E-state index in [0.29, 0.717) is 18.6 Å². The summed E-state index contributed by atoms with van der Waals surface area (Å²) in [5, 5.41) is 6.41. The van der Waals surface area contributed by atoms with Gasteiger partial charge in [0.1, 0.15) is 6.61 Å². The lowest BCUT2D eigenvalue weighted by Crippen LogP contribution is -2.52. The van der Waals surface area contributed by atoms with E-state index in [-0.39, 0.29) is 12.1 Å². The van der Waals surface area contributed by atoms with Crippen molar-refractivity contribution in [2.75, 3.05) is 19.8 Å². The number of amides is 1. The van der Waals surface area contributed by atoms with Gasteiger partial charge in [0.25, 0.3) is 0 Å². The molecule has 1 aromatic rings. The monoisotopic (exact) mass is 334 g/mol. The Balaban J connectivity index is 1.45. The van der Waals surface area contributed by atoms with Crippen LogP contribution in [0.15, 0.2) is 30.3 Å². The molecule has 2 N–H and O–H groups in total. The molecule has 0 saturated heterocycles. The Morgan fingerprint density at radius 2 is 1.96 bits per heavy atom. The molecule has 5 heteroatoms. The molecule has 0 spiro atoms. The molecule has 1 fully saturated rings. The van der Waals surface area contributed by atoms with Crippen LogP contribution in [0.2, 0.25) is 0 Å². The van der Waals surface area contributed by atoms with Gasteiger partial charge in [0.05, 0.1) is 0 Å². The van der Waals surface area contributed by atoms with E-state index in [1.54, 1.807) is 0 Å². The predicted octanol–water partition coefficient (Wildman–Crippen LogP) is 3.10. The maximum Gasteiger partial charge on any atom is 0.407 e. The van der Waals surface area contributed by atoms with Crippen molar-refractivity contribution in [1.82, 2.24) is 10.6 Å². The zero-order valence-electron chi connectivity index (χ0n) is 14.8. The lowest BCUT2D eigenvalue weighted by Gasteiger charge is -2.36. The van der Waals surface area contributed by atoms with Gasteiger partial charge in [-0.2, -0.15) is 0 Å². The maximum atomic E-state index is 11.7. The van der Waals surface area contributed by atoms with E-state index >= 15 is 0 Å². The van der Waals surface area contributed by atoms with Gasteiger partial charge in [-0.25, -0.2) is 4.79 Å². The van der Waals surface area contributed by atoms with Crippen molar-refractivity contribution in [3.05, 3.63) is 35.9 Å². The summed E-state index contributed by atoms with van der Waals surface area (Å²) in [4.78, 5) is 11.7. The van der Waals surface area contributed by atoms with Gasteiger partial charge >= 0.3 is 6.09 Å². The molecule has 1 aromatic carbocycles. The zero-order chi connectivity index (χ0) is 17.2. The van der Waals surface area contributed by atoms with Crippen LogP contribution in [0, 0.1) is 5.92 Å². The summed E-state index contributed by atoms with van der Waals surface area (Å²) in [5.41, 5.74) is 1.00. The van der Waals surface area contributed by atoms with Gasteiger partial charge in [0, 0.05) is 25.3 Å². The number of hydrogen-bond donors (Lipinski definition) is 2. The number of benzene rings is 1. The number of alkyl carbamates (subject to hydrolysis) is 1. The minimum absolute atomic E-state index is 0.225. The van der Waals surface area contributed by atoms with Crippen LogP contribution >= 0.6 is 0 Å². The normalized spacial score (nSPS) is 19.8. The standard InChI is InChI=1S/C19H30N2O3/c1-15(2)13-23-10-6-9-20-17-11-18(12-17)21-19(22)24-14-16-7-4-3-5-8-16/h3-5,7-8,15,17-18,20H,6,9-14H2,1-2H3,(H,21,22). The summed E-state index contributed by atoms with van der Waals surface area (Å²) in [5.74, 6) is 0.595. The van der Waals surface area contributed by atoms with Gasteiger partial charge in [-0.15, -0.1) is 0 Å². The second kappa shape index (κ2) is 10.3. The quantitative estimate of drug-likeness (QED) is 0.646. The van der Waals surface area contributed by atoms with Crippen LogP contribution in [-0.4, -0.2) is 37.9 Å². The highest BCUT2D eigenvalue weighted by Crippen LogP contribution is 2.20. The van der Waals surface area contributed by atoms with Gasteiger partial charge in [0.2, 0.25) is 0 Å². The molecule has 0 unspecified atom stereocenters. The summed E-state index contributed by atoms with van der Waals surface area (Å²) in [6, 6.07) is 10.4. The predicted molar refractivity (Wildman–Crippen MR) is 94.8 cm³/mol. The molecule has 0 bridgehead atoms. The van der Waals surface area contributed by atoms with E-state index < -0.39 is 0 Å². The fourth-order valence-corrected chi connectivity index (χ4v) is 2.63. The van der Waals surface area contributed by atoms with E-state index in [9.17, 15) is 4.79 Å². The molecule has 134 valence electrons. The largest absolute Gasteiger partial charge is 0.445 e. The van der Waals surface area contributed by atoms with Crippen LogP contribution < -0.4 is 10.6 Å². The third-order valence-corrected chi connectivity index (χ3v) is 4.02. The van der Waals surface area contributed by atoms with Crippen LogP contribution in [0.3, 0.4) is 0 Å². The van der Waals surface area contributed by atoms with Crippen molar-refractivity contribution in [2.45, 2.75) is 51.8 Å². The fourth-order valence-electron chi connectivity index (χ4n) is 2.63. The molecular formula is C19H30N2O3. The van der Waals surface area contributed by atoms with E-state index in [1.807, 2.05) is 30.3 Å². The number of carbonyl (C=O) groups is 1. The van der Waals surface area contributed by atoms with Gasteiger partial charge in [-0.1, -0.05) is 44.2 Å². The van der Waals surface area contributed by atoms with Gasteiger partial charge < -0.3 is 20.1 Å². The van der Waals surface area contributed by atoms with Gasteiger partial charge in [-0.05, 0) is 37.3 Å². The highest BCUT2D eigenvalue weighted by molar-refractivity contribution is 5.67. The van der Waals surface area contributed by atoms with Gasteiger partial charge in [-0.3, -0.25) is 0 Å². The molecule has 0 heterocycles. The molecule has 5 nitrogen and oxygen atoms in total. The van der Waals surface area contributed by atoms with Crippen molar-refractivity contribution in [3.63, 3.8) is 0 Å². The Kier molecular flexibility index (Phi) is 8.05. The van der Waals surface area contributed by atoms with Crippen molar-refractivity contribution >= 4 is 6.09 Å². The minimum Gasteiger partial charge on any atom is -0.445 e. The Morgan fingerprint density at radius 3 is 2.67 bits per heavy atom. The van der Waals surface area contributed by atoms with Crippen molar-refractivity contribution in [1.29, 1.82) is 0 Å². The molecule has 1 amide bonds. The number of ether oxygens (including phenoxy) is 2. The SMILES string of the molecule is CC(C)COCCCNC1CC(NC(=O)OCc2ccccc2)C1. The first-order valence-corrected chi connectivity index (χ1v) is 8.92. The van der Waals surface area contributed by atoms with E-state index in [1.165, 1.54) is 0 Å². The third-order valence-electron chi connectivity index (χ3n) is 4.02. The van der Waals surface area contributed by atoms with Crippen molar-refractivity contribution in [2.24, 2.45) is 5.92 Å². The molecule has 0 aliphatic heterocycles. The van der Waals surface area contributed by atoms with Crippen LogP contribution in [0.1, 0.15) is 38.7 Å². The summed E-state index contributed by atoms with van der Waals surface area (Å²) in [7, 11) is 0. The Labute approximate surface area is 145 Å². The second-order valence-corrected chi connectivity index (χ2v) is 6.85. The molecule has 0 radical (unpaired) electrons. The Bertz CT molecular complexity index is 473. The topological polar surface area (TPSA) is 59.6 Å². The van der Waals surface area contributed by atoms with E-state index in [4.69, 9.17) is 9.47 Å². The molecule has 1 saturated carbocycles. The number of rotatable bonds is 10. The third kappa shape index (κ3) is 7.32. The molecular weight excluding hydrogens is 304 g/mol. The van der Waals surface area contributed by atoms with Crippen LogP contribution in [0.5, 0.6) is 0 Å². The molecule has 0 atom stereocenters. The molecule has 1 aliphatic carbocycles. The number of nitrogens with one attached hydrogen (secondary N) is 2. The summed E-state index contributed by atoms with van der Waals surface area (Å²) >= 11 is 0. The van der Waals surface area contributed by atoms with Crippen molar-refractivity contribution < 1.29 is 14.3 Å². The van der Waals surface area contributed by atoms with Crippen LogP contribution in [0.4, 0.5) is 4.79 Å². The zero-order valence-corrected chi connectivity index (χ0v) is 14.8. The van der Waals surface area contributed by atoms with Crippen LogP contribution in [0.25, 0.3) is 0 Å². The van der Waals surface area contributed by atoms with Crippen molar-refractivity contribution in [3.8, 4) is 0 Å². The second-order valence-electron chi connectivity index (χ2n) is 6.85. The average Bonchev–Trinajstić information content (AvgIpc) is 2.54. The van der Waals surface area contributed by atoms with Gasteiger partial charge in [0.15, 0.2) is 0 Å². The number of hydrogen-bond acceptors (Lipinski definition) is 4. The summed E-state index contributed by atoms with van der Waals surface area (Å²) in [6.07, 6.45) is 2.63. The average molecular weight is 334 g/mol. The lowest BCUT2D eigenvalue weighted by atomic mass is 9.87. The lowest BCUT2D eigenvalue weighted by molar-refractivity contribution is 0.105. The fraction of sp³-hybridized carbons (Fsp3) is 0.632. The minimum atomic E-state index is -0.329. The smallest absolute Gasteiger partial charge is 0.407 e. The first-order chi connectivity index (χ1) is 11.6.